The third kappa shape index (κ3) is 11.1. The quantitative estimate of drug-likeness (QED) is 0.0541. The number of H-pyrrole nitrogens is 1. The van der Waals surface area contributed by atoms with Gasteiger partial charge in [0.2, 0.25) is 5.91 Å². The molecule has 0 aliphatic heterocycles. The highest BCUT2D eigenvalue weighted by atomic mass is 19.1. The zero-order valence-electron chi connectivity index (χ0n) is 35.2. The van der Waals surface area contributed by atoms with Crippen molar-refractivity contribution in [1.29, 1.82) is 0 Å². The molecule has 67 heavy (non-hydrogen) atoms. The first-order valence-electron chi connectivity index (χ1n) is 19.5. The van der Waals surface area contributed by atoms with E-state index in [2.05, 4.69) is 42.0 Å². The van der Waals surface area contributed by atoms with Crippen LogP contribution in [0.1, 0.15) is 59.6 Å². The lowest BCUT2D eigenvalue weighted by Crippen LogP contribution is -2.45. The zero-order chi connectivity index (χ0) is 48.5. The first kappa shape index (κ1) is 47.1. The van der Waals surface area contributed by atoms with Crippen molar-refractivity contribution in [3.8, 4) is 28.7 Å². The predicted octanol–water partition coefficient (Wildman–Crippen LogP) is 5.44. The molecular formula is C45H38F2N8O12. The lowest BCUT2D eigenvalue weighted by Gasteiger charge is -2.18. The number of aromatic nitrogens is 3. The Morgan fingerprint density at radius 1 is 0.716 bits per heavy atom. The van der Waals surface area contributed by atoms with Gasteiger partial charge in [-0.05, 0) is 91.4 Å². The van der Waals surface area contributed by atoms with E-state index in [1.165, 1.54) is 42.6 Å². The third-order valence-electron chi connectivity index (χ3n) is 9.72. The van der Waals surface area contributed by atoms with Crippen LogP contribution in [-0.2, 0) is 16.0 Å². The van der Waals surface area contributed by atoms with Crippen LogP contribution in [-0.4, -0.2) is 91.6 Å². The summed E-state index contributed by atoms with van der Waals surface area (Å²) in [5.41, 5.74) is -1.32. The van der Waals surface area contributed by atoms with Gasteiger partial charge >= 0.3 is 5.97 Å². The number of carboxylic acids is 1. The monoisotopic (exact) mass is 920 g/mol. The highest BCUT2D eigenvalue weighted by Crippen LogP contribution is 2.41. The second-order valence-corrected chi connectivity index (χ2v) is 14.2. The molecule has 0 saturated carbocycles. The molecule has 1 aromatic heterocycles. The van der Waals surface area contributed by atoms with Gasteiger partial charge in [-0.2, -0.15) is 15.4 Å². The number of phenols is 3. The SMILES string of the molecule is COc1c(NC(=O)c2ccc(NC(=O)c3c(F)cc(NC(=O)[C@H](Cc4cn[nH]n4)NC(=O)c4ccc(NC(=O)/C(C)=C/c5ccc(O)cc5)cc4)cc3F)c(OC)c2O)ccc(C(=O)O)c1O. The van der Waals surface area contributed by atoms with Crippen LogP contribution >= 0.6 is 0 Å². The molecule has 5 amide bonds. The Balaban J connectivity index is 1.13. The van der Waals surface area contributed by atoms with Gasteiger partial charge in [-0.3, -0.25) is 24.0 Å². The minimum Gasteiger partial charge on any atom is -0.508 e. The normalized spacial score (nSPS) is 11.4. The van der Waals surface area contributed by atoms with Gasteiger partial charge in [0.15, 0.2) is 23.0 Å². The van der Waals surface area contributed by atoms with Crippen LogP contribution in [0, 0.1) is 11.6 Å². The summed E-state index contributed by atoms with van der Waals surface area (Å²) in [6, 6.07) is 16.1. The lowest BCUT2D eigenvalue weighted by atomic mass is 10.1. The Bertz CT molecular complexity index is 2900. The summed E-state index contributed by atoms with van der Waals surface area (Å²) in [6.07, 6.45) is 2.68. The number of methoxy groups -OCH3 is 2. The summed E-state index contributed by atoms with van der Waals surface area (Å²) in [5.74, 6) is -11.3. The number of phenolic OH excluding ortho intramolecular Hbond substituents is 2. The molecule has 22 heteroatoms. The summed E-state index contributed by atoms with van der Waals surface area (Å²) in [4.78, 5) is 77.5. The Kier molecular flexibility index (Phi) is 14.4. The summed E-state index contributed by atoms with van der Waals surface area (Å²) >= 11 is 0. The number of halogens is 2. The number of carbonyl (C=O) groups excluding carboxylic acids is 5. The van der Waals surface area contributed by atoms with E-state index in [9.17, 15) is 49.2 Å². The number of rotatable bonds is 16. The van der Waals surface area contributed by atoms with Crippen LogP contribution in [0.25, 0.3) is 6.08 Å². The molecule has 0 aliphatic carbocycles. The molecule has 6 aromatic rings. The van der Waals surface area contributed by atoms with Crippen LogP contribution in [0.5, 0.6) is 28.7 Å². The molecule has 1 atom stereocenters. The van der Waals surface area contributed by atoms with Gasteiger partial charge in [0.1, 0.15) is 34.6 Å². The first-order valence-corrected chi connectivity index (χ1v) is 19.5. The highest BCUT2D eigenvalue weighted by Gasteiger charge is 2.28. The van der Waals surface area contributed by atoms with E-state index < -0.39 is 98.6 Å². The van der Waals surface area contributed by atoms with E-state index in [1.807, 2.05) is 0 Å². The fourth-order valence-corrected chi connectivity index (χ4v) is 6.38. The molecule has 1 heterocycles. The number of aromatic hydroxyl groups is 3. The fraction of sp³-hybridized carbons (Fsp3) is 0.111. The van der Waals surface area contributed by atoms with Gasteiger partial charge in [-0.25, -0.2) is 13.6 Å². The average molecular weight is 921 g/mol. The number of nitrogens with zero attached hydrogens (tertiary/aromatic N) is 2. The number of carboxylic acid groups (broad SMARTS) is 1. The number of hydrogen-bond acceptors (Lipinski definition) is 13. The largest absolute Gasteiger partial charge is 0.508 e. The first-order chi connectivity index (χ1) is 32.0. The van der Waals surface area contributed by atoms with E-state index in [0.29, 0.717) is 29.0 Å². The molecule has 20 nitrogen and oxygen atoms in total. The number of aromatic amines is 1. The van der Waals surface area contributed by atoms with E-state index >= 15 is 8.78 Å². The fourth-order valence-electron chi connectivity index (χ4n) is 6.38. The van der Waals surface area contributed by atoms with Gasteiger partial charge < -0.3 is 56.5 Å². The van der Waals surface area contributed by atoms with Gasteiger partial charge in [0.25, 0.3) is 23.6 Å². The number of aromatic carboxylic acids is 1. The molecule has 344 valence electrons. The summed E-state index contributed by atoms with van der Waals surface area (Å²) in [5, 5.41) is 62.1. The molecular weight excluding hydrogens is 883 g/mol. The van der Waals surface area contributed by atoms with Gasteiger partial charge in [0.05, 0.1) is 43.0 Å². The molecule has 5 aromatic carbocycles. The number of nitrogens with one attached hydrogen (secondary N) is 6. The van der Waals surface area contributed by atoms with Crippen LogP contribution in [0.4, 0.5) is 31.5 Å². The molecule has 0 saturated heterocycles. The van der Waals surface area contributed by atoms with Crippen LogP contribution in [0.2, 0.25) is 0 Å². The van der Waals surface area contributed by atoms with Crippen molar-refractivity contribution in [2.45, 2.75) is 19.4 Å². The maximum atomic E-state index is 15.5. The second-order valence-electron chi connectivity index (χ2n) is 14.2. The van der Waals surface area contributed by atoms with Gasteiger partial charge in [0, 0.05) is 28.9 Å². The third-order valence-corrected chi connectivity index (χ3v) is 9.72. The Hall–Kier alpha value is -9.34. The Morgan fingerprint density at radius 2 is 1.30 bits per heavy atom. The van der Waals surface area contributed by atoms with Crippen LogP contribution < -0.4 is 36.1 Å². The van der Waals surface area contributed by atoms with E-state index in [-0.39, 0.29) is 34.8 Å². The standard InChI is InChI=1S/C45H38F2N8O12/c1-21(16-22-4-10-27(56)11-5-22)40(59)49-24-8-6-23(7-9-24)41(60)53-34(19-26-20-48-55-54-26)43(62)50-25-17-30(46)35(31(47)18-25)44(63)52-33-14-12-28(36(57)38(33)66-2)42(61)51-32-15-13-29(45(64)65)37(58)39(32)67-3/h4-18,20,34,56-58H,19H2,1-3H3,(H,49,59)(H,50,62)(H,51,61)(H,52,63)(H,53,60)(H,64,65)(H,48,54,55)/b21-16+/t34-/m0/s1. The van der Waals surface area contributed by atoms with Crippen molar-refractivity contribution < 1.29 is 67.4 Å². The summed E-state index contributed by atoms with van der Waals surface area (Å²) < 4.78 is 41.3. The predicted molar refractivity (Wildman–Crippen MR) is 235 cm³/mol. The zero-order valence-corrected chi connectivity index (χ0v) is 35.2. The maximum absolute atomic E-state index is 15.5. The number of hydrogen-bond donors (Lipinski definition) is 10. The molecule has 6 rings (SSSR count). The number of amides is 5. The minimum atomic E-state index is -1.47. The molecule has 0 fully saturated rings. The molecule has 0 spiro atoms. The van der Waals surface area contributed by atoms with E-state index in [0.717, 1.165) is 38.5 Å². The number of ether oxygens (including phenoxy) is 2. The molecule has 10 N–H and O–H groups in total. The second kappa shape index (κ2) is 20.4. The molecule has 0 bridgehead atoms. The average Bonchev–Trinajstić information content (AvgIpc) is 3.80. The van der Waals surface area contributed by atoms with Crippen molar-refractivity contribution in [3.05, 3.63) is 142 Å². The van der Waals surface area contributed by atoms with Gasteiger partial charge in [-0.1, -0.05) is 12.1 Å². The number of benzene rings is 5. The topological polar surface area (TPSA) is 304 Å². The molecule has 0 aliphatic rings. The van der Waals surface area contributed by atoms with Crippen molar-refractivity contribution in [2.24, 2.45) is 0 Å². The van der Waals surface area contributed by atoms with Crippen molar-refractivity contribution >= 4 is 64.3 Å². The Morgan fingerprint density at radius 3 is 1.87 bits per heavy atom. The van der Waals surface area contributed by atoms with Gasteiger partial charge in [-0.15, -0.1) is 0 Å². The summed E-state index contributed by atoms with van der Waals surface area (Å²) in [6.45, 7) is 1.60. The number of carbonyl (C=O) groups is 6. The van der Waals surface area contributed by atoms with Crippen molar-refractivity contribution in [1.82, 2.24) is 20.7 Å². The lowest BCUT2D eigenvalue weighted by molar-refractivity contribution is -0.118. The maximum Gasteiger partial charge on any atom is 0.339 e. The molecule has 0 unspecified atom stereocenters. The molecule has 0 radical (unpaired) electrons. The Labute approximate surface area is 377 Å². The highest BCUT2D eigenvalue weighted by molar-refractivity contribution is 6.11. The van der Waals surface area contributed by atoms with E-state index in [1.54, 1.807) is 25.1 Å². The summed E-state index contributed by atoms with van der Waals surface area (Å²) in [7, 11) is 2.18. The smallest absolute Gasteiger partial charge is 0.339 e. The number of anilines is 4. The van der Waals surface area contributed by atoms with Crippen LogP contribution in [0.15, 0.2) is 96.7 Å². The van der Waals surface area contributed by atoms with Crippen molar-refractivity contribution in [2.75, 3.05) is 35.5 Å². The van der Waals surface area contributed by atoms with Crippen molar-refractivity contribution in [3.63, 3.8) is 0 Å². The van der Waals surface area contributed by atoms with Crippen LogP contribution in [0.3, 0.4) is 0 Å². The minimum absolute atomic E-state index is 0.0778. The van der Waals surface area contributed by atoms with E-state index in [4.69, 9.17) is 9.47 Å².